The minimum absolute atomic E-state index is 0.0641. The predicted octanol–water partition coefficient (Wildman–Crippen LogP) is 2.36. The van der Waals surface area contributed by atoms with Crippen LogP contribution in [-0.2, 0) is 4.79 Å². The van der Waals surface area contributed by atoms with Crippen LogP contribution in [0.15, 0.2) is 48.5 Å². The third kappa shape index (κ3) is 2.55. The summed E-state index contributed by atoms with van der Waals surface area (Å²) in [5, 5.41) is 2.68. The third-order valence-corrected chi connectivity index (χ3v) is 3.74. The first-order chi connectivity index (χ1) is 10.7. The number of fused-ring (bicyclic) bond motifs is 2. The fraction of sp³-hybridized carbons (Fsp3) is 0.167. The lowest BCUT2D eigenvalue weighted by molar-refractivity contribution is -0.119. The van der Waals surface area contributed by atoms with Gasteiger partial charge in [-0.15, -0.1) is 0 Å². The Labute approximate surface area is 128 Å². The highest BCUT2D eigenvalue weighted by atomic mass is 16.2. The van der Waals surface area contributed by atoms with Crippen molar-refractivity contribution in [3.63, 3.8) is 0 Å². The van der Waals surface area contributed by atoms with E-state index in [4.69, 9.17) is 0 Å². The molecular weight excluding hydrogens is 278 g/mol. The predicted molar refractivity (Wildman–Crippen MR) is 82.0 cm³/mol. The van der Waals surface area contributed by atoms with Crippen LogP contribution in [0, 0.1) is 0 Å². The Kier molecular flexibility index (Phi) is 3.83. The molecule has 0 bridgehead atoms. The van der Waals surface area contributed by atoms with Gasteiger partial charge in [-0.1, -0.05) is 48.5 Å². The number of nitrogens with one attached hydrogen (secondary N) is 1. The molecule has 0 aromatic heterocycles. The number of carbonyl (C=O) groups excluding carboxylic acids is 3. The van der Waals surface area contributed by atoms with E-state index in [1.165, 1.54) is 0 Å². The fourth-order valence-corrected chi connectivity index (χ4v) is 2.61. The zero-order chi connectivity index (χ0) is 15.5. The van der Waals surface area contributed by atoms with Crippen molar-refractivity contribution in [2.45, 2.75) is 12.8 Å². The fourth-order valence-electron chi connectivity index (χ4n) is 2.61. The van der Waals surface area contributed by atoms with Crippen LogP contribution in [0.3, 0.4) is 0 Å². The van der Waals surface area contributed by atoms with Crippen molar-refractivity contribution >= 4 is 17.5 Å². The van der Waals surface area contributed by atoms with Gasteiger partial charge >= 0.3 is 0 Å². The topological polar surface area (TPSA) is 63.2 Å². The Balaban J connectivity index is 0.000000202. The van der Waals surface area contributed by atoms with Crippen LogP contribution in [0.1, 0.15) is 44.7 Å². The van der Waals surface area contributed by atoms with Gasteiger partial charge < -0.3 is 5.32 Å². The zero-order valence-corrected chi connectivity index (χ0v) is 12.0. The van der Waals surface area contributed by atoms with Crippen LogP contribution < -0.4 is 5.32 Å². The molecule has 2 aliphatic rings. The Morgan fingerprint density at radius 3 is 1.32 bits per heavy atom. The number of ketones is 2. The molecule has 0 spiro atoms. The maximum atomic E-state index is 12.1. The molecule has 110 valence electrons. The van der Waals surface area contributed by atoms with E-state index >= 15 is 0 Å². The first-order valence-corrected chi connectivity index (χ1v) is 7.22. The summed E-state index contributed by atoms with van der Waals surface area (Å²) < 4.78 is 0. The molecule has 0 atom stereocenters. The molecule has 2 aromatic carbocycles. The van der Waals surface area contributed by atoms with Crippen LogP contribution in [-0.4, -0.2) is 24.0 Å². The van der Waals surface area contributed by atoms with Gasteiger partial charge in [-0.3, -0.25) is 14.4 Å². The summed E-state index contributed by atoms with van der Waals surface area (Å²) in [6.07, 6.45) is 1.76. The van der Waals surface area contributed by atoms with E-state index in [-0.39, 0.29) is 17.5 Å². The molecule has 22 heavy (non-hydrogen) atoms. The van der Waals surface area contributed by atoms with Crippen LogP contribution in [0.2, 0.25) is 0 Å². The molecular formula is C18H15NO3. The van der Waals surface area contributed by atoms with Crippen molar-refractivity contribution in [3.8, 4) is 0 Å². The average molecular weight is 293 g/mol. The second kappa shape index (κ2) is 5.93. The van der Waals surface area contributed by atoms with Gasteiger partial charge in [0.05, 0.1) is 0 Å². The average Bonchev–Trinajstić information content (AvgIpc) is 3.04. The summed E-state index contributed by atoms with van der Waals surface area (Å²) >= 11 is 0. The van der Waals surface area contributed by atoms with Crippen molar-refractivity contribution in [2.24, 2.45) is 0 Å². The molecule has 1 aliphatic heterocycles. The molecule has 4 nitrogen and oxygen atoms in total. The highest BCUT2D eigenvalue weighted by Crippen LogP contribution is 2.26. The first-order valence-electron chi connectivity index (χ1n) is 7.22. The van der Waals surface area contributed by atoms with Gasteiger partial charge in [0.2, 0.25) is 5.91 Å². The molecule has 0 saturated carbocycles. The van der Waals surface area contributed by atoms with Crippen molar-refractivity contribution in [1.82, 2.24) is 5.32 Å². The van der Waals surface area contributed by atoms with Crippen molar-refractivity contribution in [1.29, 1.82) is 0 Å². The maximum Gasteiger partial charge on any atom is 0.220 e. The molecule has 4 heteroatoms. The van der Waals surface area contributed by atoms with Crippen molar-refractivity contribution in [2.75, 3.05) is 6.54 Å². The zero-order valence-electron chi connectivity index (χ0n) is 12.0. The molecule has 1 fully saturated rings. The lowest BCUT2D eigenvalue weighted by Gasteiger charge is -2.16. The number of hydrogen-bond acceptors (Lipinski definition) is 3. The Hall–Kier alpha value is -2.75. The van der Waals surface area contributed by atoms with E-state index in [1.54, 1.807) is 48.5 Å². The Morgan fingerprint density at radius 2 is 1.09 bits per heavy atom. The van der Waals surface area contributed by atoms with E-state index in [9.17, 15) is 14.4 Å². The van der Waals surface area contributed by atoms with Gasteiger partial charge in [0, 0.05) is 35.2 Å². The summed E-state index contributed by atoms with van der Waals surface area (Å²) in [5.74, 6) is 0.0756. The van der Waals surface area contributed by atoms with E-state index in [0.717, 1.165) is 19.4 Å². The minimum atomic E-state index is -0.0641. The second-order valence-electron chi connectivity index (χ2n) is 5.20. The van der Waals surface area contributed by atoms with E-state index in [0.29, 0.717) is 22.3 Å². The first kappa shape index (κ1) is 14.2. The smallest absolute Gasteiger partial charge is 0.220 e. The van der Waals surface area contributed by atoms with E-state index < -0.39 is 0 Å². The normalized spacial score (nSPS) is 15.4. The molecule has 1 amide bonds. The summed E-state index contributed by atoms with van der Waals surface area (Å²) in [6, 6.07) is 13.9. The van der Waals surface area contributed by atoms with Gasteiger partial charge in [0.25, 0.3) is 0 Å². The molecule has 1 saturated heterocycles. The highest BCUT2D eigenvalue weighted by Gasteiger charge is 2.28. The van der Waals surface area contributed by atoms with Crippen LogP contribution in [0.4, 0.5) is 0 Å². The Morgan fingerprint density at radius 1 is 0.682 bits per heavy atom. The summed E-state index contributed by atoms with van der Waals surface area (Å²) in [4.78, 5) is 34.3. The molecule has 0 radical (unpaired) electrons. The molecule has 0 unspecified atom stereocenters. The quantitative estimate of drug-likeness (QED) is 0.692. The van der Waals surface area contributed by atoms with Crippen LogP contribution in [0.5, 0.6) is 0 Å². The highest BCUT2D eigenvalue weighted by molar-refractivity contribution is 6.28. The van der Waals surface area contributed by atoms with Gasteiger partial charge in [-0.25, -0.2) is 0 Å². The largest absolute Gasteiger partial charge is 0.356 e. The standard InChI is InChI=1S/C14H8O2.C4H7NO/c15-13-9-5-1-2-6-10(9)14(16)12-8-4-3-7-11(12)13;6-4-2-1-3-5-4/h1-8H;1-3H2,(H,5,6). The number of rotatable bonds is 0. The molecule has 1 heterocycles. The van der Waals surface area contributed by atoms with Crippen molar-refractivity contribution in [3.05, 3.63) is 70.8 Å². The number of hydrogen-bond donors (Lipinski definition) is 1. The summed E-state index contributed by atoms with van der Waals surface area (Å²) in [7, 11) is 0. The number of carbonyl (C=O) groups is 3. The summed E-state index contributed by atoms with van der Waals surface area (Å²) in [6.45, 7) is 0.888. The molecule has 1 aliphatic carbocycles. The lowest BCUT2D eigenvalue weighted by atomic mass is 9.84. The summed E-state index contributed by atoms with van der Waals surface area (Å²) in [5.41, 5.74) is 2.02. The number of benzene rings is 2. The molecule has 4 rings (SSSR count). The maximum absolute atomic E-state index is 12.1. The van der Waals surface area contributed by atoms with E-state index in [1.807, 2.05) is 0 Å². The van der Waals surface area contributed by atoms with E-state index in [2.05, 4.69) is 5.32 Å². The van der Waals surface area contributed by atoms with Crippen LogP contribution in [0.25, 0.3) is 0 Å². The second-order valence-corrected chi connectivity index (χ2v) is 5.20. The van der Waals surface area contributed by atoms with Crippen LogP contribution >= 0.6 is 0 Å². The Bertz CT molecular complexity index is 651. The minimum Gasteiger partial charge on any atom is -0.356 e. The SMILES string of the molecule is O=C1CCCN1.O=C1c2ccccc2C(=O)c2ccccc21. The number of amides is 1. The van der Waals surface area contributed by atoms with Gasteiger partial charge in [-0.2, -0.15) is 0 Å². The van der Waals surface area contributed by atoms with Gasteiger partial charge in [-0.05, 0) is 6.42 Å². The monoisotopic (exact) mass is 293 g/mol. The van der Waals surface area contributed by atoms with Gasteiger partial charge in [0.1, 0.15) is 0 Å². The molecule has 2 aromatic rings. The molecule has 1 N–H and O–H groups in total. The van der Waals surface area contributed by atoms with Gasteiger partial charge in [0.15, 0.2) is 11.6 Å². The van der Waals surface area contributed by atoms with Crippen molar-refractivity contribution < 1.29 is 14.4 Å². The lowest BCUT2D eigenvalue weighted by Crippen LogP contribution is -2.20. The third-order valence-electron chi connectivity index (χ3n) is 3.74.